The van der Waals surface area contributed by atoms with Crippen molar-refractivity contribution in [2.24, 2.45) is 9.98 Å². The van der Waals surface area contributed by atoms with Gasteiger partial charge in [-0.15, -0.1) is 0 Å². The van der Waals surface area contributed by atoms with Crippen LogP contribution >= 0.6 is 11.3 Å². The minimum atomic E-state index is -0.347. The average Bonchev–Trinajstić information content (AvgIpc) is 3.18. The molecule has 2 heterocycles. The van der Waals surface area contributed by atoms with Crippen molar-refractivity contribution in [3.8, 4) is 22.2 Å². The fourth-order valence-corrected chi connectivity index (χ4v) is 4.08. The van der Waals surface area contributed by atoms with E-state index in [9.17, 15) is 19.8 Å². The fraction of sp³-hybridized carbons (Fsp3) is 0.0952. The highest BCUT2D eigenvalue weighted by Crippen LogP contribution is 2.47. The van der Waals surface area contributed by atoms with Crippen molar-refractivity contribution in [3.05, 3.63) is 48.6 Å². The molecule has 0 saturated carbocycles. The predicted molar refractivity (Wildman–Crippen MR) is 116 cm³/mol. The van der Waals surface area contributed by atoms with E-state index < -0.39 is 0 Å². The predicted octanol–water partition coefficient (Wildman–Crippen LogP) is 4.02. The van der Waals surface area contributed by atoms with Gasteiger partial charge in [-0.3, -0.25) is 14.2 Å². The number of hydrogen-bond donors (Lipinski definition) is 2. The van der Waals surface area contributed by atoms with Crippen LogP contribution in [-0.2, 0) is 4.79 Å². The molecule has 0 atom stereocenters. The molecule has 2 aromatic heterocycles. The number of benzene rings is 1. The maximum absolute atomic E-state index is 12.0. The summed E-state index contributed by atoms with van der Waals surface area (Å²) in [5, 5.41) is 22.0. The number of amides is 1. The van der Waals surface area contributed by atoms with Gasteiger partial charge in [0.2, 0.25) is 28.7 Å². The molecule has 1 amide bonds. The summed E-state index contributed by atoms with van der Waals surface area (Å²) < 4.78 is 1.19. The van der Waals surface area contributed by atoms with Crippen molar-refractivity contribution in [3.63, 3.8) is 0 Å². The zero-order chi connectivity index (χ0) is 21.4. The van der Waals surface area contributed by atoms with Gasteiger partial charge in [-0.25, -0.2) is 9.98 Å². The van der Waals surface area contributed by atoms with Gasteiger partial charge >= 0.3 is 0 Å². The molecule has 0 fully saturated rings. The summed E-state index contributed by atoms with van der Waals surface area (Å²) in [7, 11) is 0. The van der Waals surface area contributed by atoms with E-state index in [1.165, 1.54) is 18.4 Å². The van der Waals surface area contributed by atoms with E-state index in [1.807, 2.05) is 0 Å². The Morgan fingerprint density at radius 1 is 1.03 bits per heavy atom. The molecule has 0 saturated heterocycles. The monoisotopic (exact) mass is 420 g/mol. The van der Waals surface area contributed by atoms with Crippen molar-refractivity contribution in [2.45, 2.75) is 13.8 Å². The normalized spacial score (nSPS) is 13.1. The van der Waals surface area contributed by atoms with Crippen LogP contribution in [0.5, 0.6) is 11.8 Å². The smallest absolute Gasteiger partial charge is 0.243 e. The van der Waals surface area contributed by atoms with Crippen LogP contribution in [0.25, 0.3) is 21.3 Å². The fourth-order valence-electron chi connectivity index (χ4n) is 3.17. The molecule has 0 bridgehead atoms. The Hall–Kier alpha value is -3.85. The van der Waals surface area contributed by atoms with Gasteiger partial charge < -0.3 is 10.2 Å². The van der Waals surface area contributed by atoms with Crippen LogP contribution in [0.4, 0.5) is 5.13 Å². The first kappa shape index (κ1) is 19.5. The number of fused-ring (bicyclic) bond motifs is 1. The zero-order valence-electron chi connectivity index (χ0n) is 16.0. The Morgan fingerprint density at radius 3 is 2.37 bits per heavy atom. The lowest BCUT2D eigenvalue weighted by atomic mass is 10.1. The highest BCUT2D eigenvalue weighted by atomic mass is 32.1. The van der Waals surface area contributed by atoms with Crippen LogP contribution in [0.1, 0.15) is 18.6 Å². The quantitative estimate of drug-likeness (QED) is 0.607. The number of aliphatic imine (C=N–C) groups is 2. The summed E-state index contributed by atoms with van der Waals surface area (Å²) in [5.74, 6) is -1.19. The molecule has 150 valence electrons. The molecule has 3 aromatic rings. The first-order valence-corrected chi connectivity index (χ1v) is 9.74. The second kappa shape index (κ2) is 7.53. The summed E-state index contributed by atoms with van der Waals surface area (Å²) in [4.78, 5) is 35.7. The summed E-state index contributed by atoms with van der Waals surface area (Å²) >= 11 is 1.09. The van der Waals surface area contributed by atoms with Gasteiger partial charge in [0, 0.05) is 19.2 Å². The van der Waals surface area contributed by atoms with Gasteiger partial charge in [-0.2, -0.15) is 4.98 Å². The van der Waals surface area contributed by atoms with Crippen LogP contribution in [-0.4, -0.2) is 43.0 Å². The van der Waals surface area contributed by atoms with Crippen LogP contribution in [0.3, 0.4) is 0 Å². The molecule has 2 N–H and O–H groups in total. The Labute approximate surface area is 174 Å². The van der Waals surface area contributed by atoms with Crippen LogP contribution in [0.15, 0.2) is 58.6 Å². The molecule has 30 heavy (non-hydrogen) atoms. The van der Waals surface area contributed by atoms with E-state index >= 15 is 0 Å². The van der Waals surface area contributed by atoms with Gasteiger partial charge in [-0.1, -0.05) is 29.5 Å². The molecule has 0 radical (unpaired) electrons. The van der Waals surface area contributed by atoms with Crippen molar-refractivity contribution in [1.29, 1.82) is 0 Å². The lowest BCUT2D eigenvalue weighted by Gasteiger charge is -2.01. The minimum Gasteiger partial charge on any atom is -0.494 e. The summed E-state index contributed by atoms with van der Waals surface area (Å²) in [6.07, 6.45) is 6.67. The summed E-state index contributed by atoms with van der Waals surface area (Å²) in [6, 6.07) is 7.03. The molecule has 8 nitrogen and oxygen atoms in total. The van der Waals surface area contributed by atoms with Crippen molar-refractivity contribution < 1.29 is 19.8 Å². The van der Waals surface area contributed by atoms with E-state index in [2.05, 4.69) is 15.0 Å². The van der Waals surface area contributed by atoms with Gasteiger partial charge in [0.25, 0.3) is 0 Å². The molecular weight excluding hydrogens is 404 g/mol. The Morgan fingerprint density at radius 2 is 1.70 bits per heavy atom. The zero-order valence-corrected chi connectivity index (χ0v) is 16.8. The SMILES string of the molecule is CC(=O)N=C1C=CC(=Nc2nc(O)c(-c3c(O)n(C(C)=O)c4ccccc34)s2)C=C1. The number of hydrogen-bond acceptors (Lipinski definition) is 7. The van der Waals surface area contributed by atoms with Gasteiger partial charge in [0.1, 0.15) is 4.88 Å². The highest BCUT2D eigenvalue weighted by Gasteiger charge is 2.25. The molecule has 0 spiro atoms. The number of aromatic hydroxyl groups is 2. The number of carbonyl (C=O) groups is 2. The number of para-hydroxylation sites is 1. The lowest BCUT2D eigenvalue weighted by Crippen LogP contribution is -2.03. The number of carbonyl (C=O) groups excluding carboxylic acids is 2. The highest BCUT2D eigenvalue weighted by molar-refractivity contribution is 7.19. The van der Waals surface area contributed by atoms with E-state index in [-0.39, 0.29) is 28.7 Å². The van der Waals surface area contributed by atoms with Crippen LogP contribution < -0.4 is 0 Å². The van der Waals surface area contributed by atoms with Gasteiger partial charge in [0.05, 0.1) is 22.5 Å². The van der Waals surface area contributed by atoms with Crippen LogP contribution in [0.2, 0.25) is 0 Å². The topological polar surface area (TPSA) is 117 Å². The van der Waals surface area contributed by atoms with E-state index in [4.69, 9.17) is 0 Å². The van der Waals surface area contributed by atoms with E-state index in [0.717, 1.165) is 11.3 Å². The molecular formula is C21H16N4O4S. The summed E-state index contributed by atoms with van der Waals surface area (Å²) in [6.45, 7) is 2.72. The first-order valence-electron chi connectivity index (χ1n) is 8.92. The van der Waals surface area contributed by atoms with E-state index in [1.54, 1.807) is 48.6 Å². The number of thiazole rings is 1. The molecule has 1 aliphatic rings. The molecule has 1 aromatic carbocycles. The molecule has 0 aliphatic heterocycles. The molecule has 1 aliphatic carbocycles. The Bertz CT molecular complexity index is 1310. The standard InChI is InChI=1S/C21H16N4O4S/c1-11(26)22-13-7-9-14(10-8-13)23-21-24-19(28)18(30-21)17-15-5-3-4-6-16(15)25(12(2)27)20(17)29/h3-10,28-29H,1-2H3. The summed E-state index contributed by atoms with van der Waals surface area (Å²) in [5.41, 5.74) is 1.95. The van der Waals surface area contributed by atoms with Crippen molar-refractivity contribution in [2.75, 3.05) is 0 Å². The largest absolute Gasteiger partial charge is 0.494 e. The first-order chi connectivity index (χ1) is 14.3. The Kier molecular flexibility index (Phi) is 4.88. The third-order valence-corrected chi connectivity index (χ3v) is 5.31. The number of rotatable bonds is 2. The maximum Gasteiger partial charge on any atom is 0.243 e. The third-order valence-electron chi connectivity index (χ3n) is 4.35. The number of nitrogens with zero attached hydrogens (tertiary/aromatic N) is 4. The molecule has 4 rings (SSSR count). The average molecular weight is 420 g/mol. The molecule has 9 heteroatoms. The lowest BCUT2D eigenvalue weighted by molar-refractivity contribution is -0.115. The Balaban J connectivity index is 1.77. The van der Waals surface area contributed by atoms with E-state index in [0.29, 0.717) is 32.8 Å². The van der Waals surface area contributed by atoms with Crippen molar-refractivity contribution in [1.82, 2.24) is 9.55 Å². The second-order valence-electron chi connectivity index (χ2n) is 6.48. The second-order valence-corrected chi connectivity index (χ2v) is 7.46. The van der Waals surface area contributed by atoms with Crippen LogP contribution in [0, 0.1) is 0 Å². The maximum atomic E-state index is 12.0. The number of aromatic nitrogens is 2. The molecule has 0 unspecified atom stereocenters. The van der Waals surface area contributed by atoms with Gasteiger partial charge in [0.15, 0.2) is 0 Å². The number of allylic oxidation sites excluding steroid dienone is 4. The van der Waals surface area contributed by atoms with Crippen molar-refractivity contribution >= 4 is 50.6 Å². The van der Waals surface area contributed by atoms with Gasteiger partial charge in [-0.05, 0) is 30.4 Å². The third kappa shape index (κ3) is 3.46. The minimum absolute atomic E-state index is 0.260.